The average molecular weight is 402 g/mol. The van der Waals surface area contributed by atoms with Crippen molar-refractivity contribution in [2.75, 3.05) is 33.4 Å². The molecule has 1 aliphatic rings. The van der Waals surface area contributed by atoms with Crippen molar-refractivity contribution < 1.29 is 14.6 Å². The number of nitrogens with one attached hydrogen (secondary N) is 1. The van der Waals surface area contributed by atoms with Gasteiger partial charge in [-0.3, -0.25) is 9.69 Å². The second kappa shape index (κ2) is 9.84. The number of piperidine rings is 1. The van der Waals surface area contributed by atoms with Gasteiger partial charge in [-0.1, -0.05) is 11.3 Å². The maximum absolute atomic E-state index is 12.1. The fourth-order valence-corrected chi connectivity index (χ4v) is 3.76. The van der Waals surface area contributed by atoms with E-state index in [1.165, 1.54) is 16.7 Å². The maximum atomic E-state index is 12.1. The Morgan fingerprint density at radius 3 is 2.72 bits per heavy atom. The van der Waals surface area contributed by atoms with Gasteiger partial charge in [0.25, 0.3) is 5.91 Å². The van der Waals surface area contributed by atoms with Crippen molar-refractivity contribution in [3.8, 4) is 5.75 Å². The molecule has 2 heterocycles. The molecule has 0 unspecified atom stereocenters. The lowest BCUT2D eigenvalue weighted by Gasteiger charge is -2.32. The number of aliphatic hydroxyl groups excluding tert-OH is 1. The van der Waals surface area contributed by atoms with Crippen LogP contribution in [0.2, 0.25) is 0 Å². The van der Waals surface area contributed by atoms with E-state index in [9.17, 15) is 4.79 Å². The highest BCUT2D eigenvalue weighted by molar-refractivity contribution is 5.91. The first-order valence-electron chi connectivity index (χ1n) is 10.2. The second-order valence-electron chi connectivity index (χ2n) is 7.60. The number of hydrogen-bond acceptors (Lipinski definition) is 6. The Balaban J connectivity index is 1.53. The highest BCUT2D eigenvalue weighted by atomic mass is 16.5. The van der Waals surface area contributed by atoms with Crippen molar-refractivity contribution in [3.63, 3.8) is 0 Å². The summed E-state index contributed by atoms with van der Waals surface area (Å²) in [6, 6.07) is 4.47. The molecule has 2 aromatic rings. The van der Waals surface area contributed by atoms with Crippen molar-refractivity contribution >= 4 is 5.91 Å². The lowest BCUT2D eigenvalue weighted by molar-refractivity contribution is 0.0946. The van der Waals surface area contributed by atoms with Crippen LogP contribution in [0.3, 0.4) is 0 Å². The fraction of sp³-hybridized carbons (Fsp3) is 0.571. The summed E-state index contributed by atoms with van der Waals surface area (Å²) in [5.74, 6) is 0.694. The second-order valence-corrected chi connectivity index (χ2v) is 7.60. The zero-order valence-electron chi connectivity index (χ0n) is 17.5. The van der Waals surface area contributed by atoms with E-state index < -0.39 is 0 Å². The molecular weight excluding hydrogens is 370 g/mol. The summed E-state index contributed by atoms with van der Waals surface area (Å²) in [6.45, 7) is 7.64. The molecular formula is C21H31N5O3. The molecule has 29 heavy (non-hydrogen) atoms. The molecule has 1 amide bonds. The van der Waals surface area contributed by atoms with Crippen LogP contribution in [-0.2, 0) is 6.54 Å². The summed E-state index contributed by atoms with van der Waals surface area (Å²) in [4.78, 5) is 14.5. The summed E-state index contributed by atoms with van der Waals surface area (Å²) < 4.78 is 7.23. The number of nitrogens with zero attached hydrogens (tertiary/aromatic N) is 4. The number of likely N-dealkylation sites (tertiary alicyclic amines) is 1. The van der Waals surface area contributed by atoms with E-state index >= 15 is 0 Å². The molecule has 1 fully saturated rings. The van der Waals surface area contributed by atoms with Gasteiger partial charge in [0.1, 0.15) is 5.75 Å². The molecule has 1 aromatic heterocycles. The van der Waals surface area contributed by atoms with Crippen LogP contribution in [0.1, 0.15) is 52.5 Å². The minimum atomic E-state index is -0.243. The minimum Gasteiger partial charge on any atom is -0.496 e. The van der Waals surface area contributed by atoms with E-state index in [-0.39, 0.29) is 18.6 Å². The third-order valence-corrected chi connectivity index (χ3v) is 5.76. The minimum absolute atomic E-state index is 0.0567. The van der Waals surface area contributed by atoms with Gasteiger partial charge in [-0.15, -0.1) is 5.10 Å². The van der Waals surface area contributed by atoms with Crippen molar-refractivity contribution in [1.29, 1.82) is 0 Å². The van der Waals surface area contributed by atoms with Crippen LogP contribution in [0.15, 0.2) is 18.3 Å². The van der Waals surface area contributed by atoms with Gasteiger partial charge < -0.3 is 15.2 Å². The lowest BCUT2D eigenvalue weighted by atomic mass is 10.00. The SMILES string of the molecule is COc1ccc(CN2CCC(n3cc(C(=O)NCCCO)nn3)CC2)c(C)c1C. The number of aromatic nitrogens is 3. The fourth-order valence-electron chi connectivity index (χ4n) is 3.76. The quantitative estimate of drug-likeness (QED) is 0.656. The van der Waals surface area contributed by atoms with Gasteiger partial charge in [0.2, 0.25) is 0 Å². The molecule has 0 aliphatic carbocycles. The maximum Gasteiger partial charge on any atom is 0.273 e. The molecule has 8 heteroatoms. The predicted molar refractivity (Wildman–Crippen MR) is 110 cm³/mol. The molecule has 158 valence electrons. The first kappa shape index (κ1) is 21.3. The molecule has 1 aromatic carbocycles. The number of carbonyl (C=O) groups is 1. The summed E-state index contributed by atoms with van der Waals surface area (Å²) >= 11 is 0. The van der Waals surface area contributed by atoms with Gasteiger partial charge in [-0.25, -0.2) is 4.68 Å². The third-order valence-electron chi connectivity index (χ3n) is 5.76. The van der Waals surface area contributed by atoms with E-state index in [1.807, 2.05) is 10.7 Å². The van der Waals surface area contributed by atoms with Gasteiger partial charge in [0.05, 0.1) is 19.3 Å². The average Bonchev–Trinajstić information content (AvgIpc) is 3.23. The Bertz CT molecular complexity index is 828. The van der Waals surface area contributed by atoms with Crippen LogP contribution in [0.5, 0.6) is 5.75 Å². The summed E-state index contributed by atoms with van der Waals surface area (Å²) in [7, 11) is 1.71. The summed E-state index contributed by atoms with van der Waals surface area (Å²) in [6.07, 6.45) is 4.21. The Morgan fingerprint density at radius 2 is 2.03 bits per heavy atom. The molecule has 1 saturated heterocycles. The first-order chi connectivity index (χ1) is 14.0. The van der Waals surface area contributed by atoms with Crippen LogP contribution >= 0.6 is 0 Å². The van der Waals surface area contributed by atoms with Crippen LogP contribution in [0.4, 0.5) is 0 Å². The zero-order valence-corrected chi connectivity index (χ0v) is 17.5. The van der Waals surface area contributed by atoms with E-state index in [2.05, 4.69) is 40.4 Å². The highest BCUT2D eigenvalue weighted by Crippen LogP contribution is 2.27. The zero-order chi connectivity index (χ0) is 20.8. The van der Waals surface area contributed by atoms with Crippen LogP contribution in [0, 0.1) is 13.8 Å². The molecule has 0 atom stereocenters. The van der Waals surface area contributed by atoms with Gasteiger partial charge in [-0.2, -0.15) is 0 Å². The Labute approximate surface area is 171 Å². The molecule has 8 nitrogen and oxygen atoms in total. The van der Waals surface area contributed by atoms with E-state index in [1.54, 1.807) is 13.3 Å². The van der Waals surface area contributed by atoms with E-state index in [4.69, 9.17) is 9.84 Å². The molecule has 1 aliphatic heterocycles. The Kier molecular flexibility index (Phi) is 7.22. The third kappa shape index (κ3) is 5.13. The number of aliphatic hydroxyl groups is 1. The van der Waals surface area contributed by atoms with Crippen molar-refractivity contribution in [2.24, 2.45) is 0 Å². The number of ether oxygens (including phenoxy) is 1. The van der Waals surface area contributed by atoms with E-state index in [0.29, 0.717) is 18.7 Å². The highest BCUT2D eigenvalue weighted by Gasteiger charge is 2.23. The molecule has 0 saturated carbocycles. The van der Waals surface area contributed by atoms with Crippen molar-refractivity contribution in [3.05, 3.63) is 40.7 Å². The number of benzene rings is 1. The smallest absolute Gasteiger partial charge is 0.273 e. The van der Waals surface area contributed by atoms with Crippen molar-refractivity contribution in [2.45, 2.75) is 45.7 Å². The number of methoxy groups -OCH3 is 1. The van der Waals surface area contributed by atoms with Crippen LogP contribution < -0.4 is 10.1 Å². The lowest BCUT2D eigenvalue weighted by Crippen LogP contribution is -2.34. The summed E-state index contributed by atoms with van der Waals surface area (Å²) in [5, 5.41) is 19.7. The molecule has 3 rings (SSSR count). The monoisotopic (exact) mass is 401 g/mol. The summed E-state index contributed by atoms with van der Waals surface area (Å²) in [5.41, 5.74) is 4.16. The number of amides is 1. The Morgan fingerprint density at radius 1 is 1.28 bits per heavy atom. The normalized spacial score (nSPS) is 15.4. The molecule has 0 spiro atoms. The van der Waals surface area contributed by atoms with Crippen LogP contribution in [-0.4, -0.2) is 64.3 Å². The predicted octanol–water partition coefficient (Wildman–Crippen LogP) is 1.85. The standard InChI is InChI=1S/C21H31N5O3/c1-15-16(2)20(29-3)6-5-17(15)13-25-10-7-18(8-11-25)26-14-19(23-24-26)21(28)22-9-4-12-27/h5-6,14,18,27H,4,7-13H2,1-3H3,(H,22,28). The number of hydrogen-bond donors (Lipinski definition) is 2. The number of rotatable bonds is 8. The largest absolute Gasteiger partial charge is 0.496 e. The van der Waals surface area contributed by atoms with Gasteiger partial charge in [0, 0.05) is 32.8 Å². The van der Waals surface area contributed by atoms with Gasteiger partial charge in [0.15, 0.2) is 5.69 Å². The Hall–Kier alpha value is -2.45. The number of carbonyl (C=O) groups excluding carboxylic acids is 1. The van der Waals surface area contributed by atoms with Crippen molar-refractivity contribution in [1.82, 2.24) is 25.2 Å². The topological polar surface area (TPSA) is 92.5 Å². The van der Waals surface area contributed by atoms with Gasteiger partial charge >= 0.3 is 0 Å². The molecule has 0 bridgehead atoms. The molecule has 0 radical (unpaired) electrons. The van der Waals surface area contributed by atoms with Crippen LogP contribution in [0.25, 0.3) is 0 Å². The van der Waals surface area contributed by atoms with Gasteiger partial charge in [-0.05, 0) is 55.9 Å². The first-order valence-corrected chi connectivity index (χ1v) is 10.2. The van der Waals surface area contributed by atoms with E-state index in [0.717, 1.165) is 38.2 Å². The molecule has 2 N–H and O–H groups in total.